The molecule has 0 bridgehead atoms. The van der Waals surface area contributed by atoms with Crippen molar-refractivity contribution < 1.29 is 22.4 Å². The Kier molecular flexibility index (Phi) is 10.7. The summed E-state index contributed by atoms with van der Waals surface area (Å²) in [6.45, 7) is 4.96. The third-order valence-electron chi connectivity index (χ3n) is 6.65. The predicted octanol–water partition coefficient (Wildman–Crippen LogP) is 5.11. The van der Waals surface area contributed by atoms with Gasteiger partial charge in [-0.05, 0) is 67.3 Å². The zero-order valence-corrected chi connectivity index (χ0v) is 24.7. The van der Waals surface area contributed by atoms with E-state index in [1.54, 1.807) is 37.3 Å². The zero-order chi connectivity index (χ0) is 29.4. The number of aryl methyl sites for hydroxylation is 1. The van der Waals surface area contributed by atoms with Crippen LogP contribution in [0.3, 0.4) is 0 Å². The number of amides is 2. The first-order valence-corrected chi connectivity index (χ1v) is 15.2. The average molecular weight is 588 g/mol. The number of hydrogen-bond donors (Lipinski definition) is 1. The number of carbonyl (C=O) groups excluding carboxylic acids is 2. The molecule has 2 amide bonds. The maximum absolute atomic E-state index is 14.1. The summed E-state index contributed by atoms with van der Waals surface area (Å²) in [4.78, 5) is 29.1. The van der Waals surface area contributed by atoms with E-state index in [4.69, 9.17) is 11.6 Å². The van der Waals surface area contributed by atoms with Gasteiger partial charge in [-0.25, -0.2) is 12.8 Å². The van der Waals surface area contributed by atoms with Crippen LogP contribution in [-0.4, -0.2) is 50.0 Å². The van der Waals surface area contributed by atoms with Crippen LogP contribution in [0.5, 0.6) is 0 Å². The first kappa shape index (κ1) is 31.1. The highest BCUT2D eigenvalue weighted by Crippen LogP contribution is 2.26. The van der Waals surface area contributed by atoms with Crippen LogP contribution < -0.4 is 9.62 Å². The van der Waals surface area contributed by atoms with Crippen LogP contribution in [0.2, 0.25) is 5.02 Å². The van der Waals surface area contributed by atoms with Gasteiger partial charge in [0, 0.05) is 24.0 Å². The normalized spacial score (nSPS) is 12.8. The Morgan fingerprint density at radius 2 is 1.65 bits per heavy atom. The van der Waals surface area contributed by atoms with E-state index in [0.29, 0.717) is 28.3 Å². The van der Waals surface area contributed by atoms with Crippen molar-refractivity contribution in [2.75, 3.05) is 17.1 Å². The second kappa shape index (κ2) is 13.8. The molecular formula is C30H35ClFN3O4S. The SMILES string of the molecule is CCC(C)NC(=O)C(Cc1ccccc1)N(Cc1ccc(F)cc1)C(=O)CN(c1ccc(Cl)cc1C)S(C)(=O)=O. The lowest BCUT2D eigenvalue weighted by molar-refractivity contribution is -0.140. The van der Waals surface area contributed by atoms with Crippen molar-refractivity contribution in [2.45, 2.75) is 52.2 Å². The Hall–Kier alpha value is -3.43. The zero-order valence-electron chi connectivity index (χ0n) is 23.1. The number of carbonyl (C=O) groups is 2. The summed E-state index contributed by atoms with van der Waals surface area (Å²) in [6, 6.07) is 18.6. The van der Waals surface area contributed by atoms with E-state index >= 15 is 0 Å². The van der Waals surface area contributed by atoms with E-state index in [0.717, 1.165) is 16.1 Å². The van der Waals surface area contributed by atoms with E-state index in [2.05, 4.69) is 5.32 Å². The van der Waals surface area contributed by atoms with Gasteiger partial charge in [0.05, 0.1) is 11.9 Å². The van der Waals surface area contributed by atoms with E-state index in [9.17, 15) is 22.4 Å². The molecule has 3 rings (SSSR count). The number of sulfonamides is 1. The molecule has 0 saturated heterocycles. The van der Waals surface area contributed by atoms with Gasteiger partial charge in [0.1, 0.15) is 18.4 Å². The van der Waals surface area contributed by atoms with Gasteiger partial charge >= 0.3 is 0 Å². The van der Waals surface area contributed by atoms with Crippen LogP contribution >= 0.6 is 11.6 Å². The quantitative estimate of drug-likeness (QED) is 0.319. The fourth-order valence-electron chi connectivity index (χ4n) is 4.28. The molecule has 0 saturated carbocycles. The third kappa shape index (κ3) is 8.53. The molecule has 0 fully saturated rings. The lowest BCUT2D eigenvalue weighted by Crippen LogP contribution is -2.54. The molecule has 0 spiro atoms. The van der Waals surface area contributed by atoms with Crippen molar-refractivity contribution in [3.8, 4) is 0 Å². The molecule has 0 aliphatic rings. The van der Waals surface area contributed by atoms with Crippen LogP contribution in [0, 0.1) is 12.7 Å². The van der Waals surface area contributed by atoms with Crippen molar-refractivity contribution in [3.05, 3.63) is 100 Å². The van der Waals surface area contributed by atoms with E-state index in [1.165, 1.54) is 17.0 Å². The lowest BCUT2D eigenvalue weighted by atomic mass is 10.0. The molecule has 0 heterocycles. The van der Waals surface area contributed by atoms with Gasteiger partial charge in [0.2, 0.25) is 21.8 Å². The third-order valence-corrected chi connectivity index (χ3v) is 8.01. The molecule has 0 aromatic heterocycles. The number of nitrogens with zero attached hydrogens (tertiary/aromatic N) is 2. The first-order chi connectivity index (χ1) is 18.9. The van der Waals surface area contributed by atoms with Crippen LogP contribution in [0.1, 0.15) is 37.0 Å². The predicted molar refractivity (Wildman–Crippen MR) is 157 cm³/mol. The largest absolute Gasteiger partial charge is 0.352 e. The van der Waals surface area contributed by atoms with Gasteiger partial charge in [-0.3, -0.25) is 13.9 Å². The number of nitrogens with one attached hydrogen (secondary N) is 1. The highest BCUT2D eigenvalue weighted by molar-refractivity contribution is 7.92. The maximum atomic E-state index is 14.1. The number of rotatable bonds is 12. The van der Waals surface area contributed by atoms with Gasteiger partial charge in [0.15, 0.2) is 0 Å². The molecule has 0 aliphatic carbocycles. The van der Waals surface area contributed by atoms with Gasteiger partial charge in [0.25, 0.3) is 0 Å². The molecule has 3 aromatic carbocycles. The van der Waals surface area contributed by atoms with Crippen LogP contribution in [0.15, 0.2) is 72.8 Å². The topological polar surface area (TPSA) is 86.8 Å². The van der Waals surface area contributed by atoms with Crippen molar-refractivity contribution in [1.82, 2.24) is 10.2 Å². The molecule has 0 aliphatic heterocycles. The van der Waals surface area contributed by atoms with Crippen molar-refractivity contribution in [1.29, 1.82) is 0 Å². The maximum Gasteiger partial charge on any atom is 0.244 e. The summed E-state index contributed by atoms with van der Waals surface area (Å²) in [5.41, 5.74) is 2.31. The molecule has 214 valence electrons. The number of halogens is 2. The summed E-state index contributed by atoms with van der Waals surface area (Å²) in [5, 5.41) is 3.41. The highest BCUT2D eigenvalue weighted by atomic mass is 35.5. The molecule has 10 heteroatoms. The lowest BCUT2D eigenvalue weighted by Gasteiger charge is -2.34. The summed E-state index contributed by atoms with van der Waals surface area (Å²) in [6.07, 6.45) is 1.91. The second-order valence-corrected chi connectivity index (χ2v) is 12.2. The Balaban J connectivity index is 2.07. The summed E-state index contributed by atoms with van der Waals surface area (Å²) < 4.78 is 40.5. The van der Waals surface area contributed by atoms with Gasteiger partial charge in [-0.1, -0.05) is 61.0 Å². The van der Waals surface area contributed by atoms with E-state index in [1.807, 2.05) is 44.2 Å². The fraction of sp³-hybridized carbons (Fsp3) is 0.333. The minimum atomic E-state index is -3.90. The Bertz CT molecular complexity index is 1420. The Morgan fingerprint density at radius 3 is 2.23 bits per heavy atom. The van der Waals surface area contributed by atoms with Crippen molar-refractivity contribution >= 4 is 39.1 Å². The molecule has 2 atom stereocenters. The molecular weight excluding hydrogens is 553 g/mol. The molecule has 3 aromatic rings. The molecule has 40 heavy (non-hydrogen) atoms. The summed E-state index contributed by atoms with van der Waals surface area (Å²) >= 11 is 6.09. The smallest absolute Gasteiger partial charge is 0.244 e. The van der Waals surface area contributed by atoms with Gasteiger partial charge in [-0.2, -0.15) is 0 Å². The van der Waals surface area contributed by atoms with Crippen LogP contribution in [0.25, 0.3) is 0 Å². The average Bonchev–Trinajstić information content (AvgIpc) is 2.90. The van der Waals surface area contributed by atoms with Crippen molar-refractivity contribution in [3.63, 3.8) is 0 Å². The fourth-order valence-corrected chi connectivity index (χ4v) is 5.41. The number of anilines is 1. The monoisotopic (exact) mass is 587 g/mol. The number of benzene rings is 3. The van der Waals surface area contributed by atoms with E-state index < -0.39 is 34.3 Å². The Morgan fingerprint density at radius 1 is 1.00 bits per heavy atom. The molecule has 1 N–H and O–H groups in total. The summed E-state index contributed by atoms with van der Waals surface area (Å²) in [5.74, 6) is -1.37. The van der Waals surface area contributed by atoms with Crippen LogP contribution in [-0.2, 0) is 32.6 Å². The number of hydrogen-bond acceptors (Lipinski definition) is 4. The first-order valence-electron chi connectivity index (χ1n) is 13.0. The molecule has 0 radical (unpaired) electrons. The summed E-state index contributed by atoms with van der Waals surface area (Å²) in [7, 11) is -3.90. The standard InChI is InChI=1S/C30H35ClFN3O4S/c1-5-22(3)33-30(37)28(18-23-9-7-6-8-10-23)34(19-24-11-14-26(32)15-12-24)29(36)20-35(40(4,38)39)27-16-13-25(31)17-21(27)2/h6-17,22,28H,5,18-20H2,1-4H3,(H,33,37). The van der Waals surface area contributed by atoms with Gasteiger partial charge < -0.3 is 10.2 Å². The van der Waals surface area contributed by atoms with Crippen LogP contribution in [0.4, 0.5) is 10.1 Å². The highest BCUT2D eigenvalue weighted by Gasteiger charge is 2.33. The molecule has 2 unspecified atom stereocenters. The van der Waals surface area contributed by atoms with Gasteiger partial charge in [-0.15, -0.1) is 0 Å². The Labute approximate surface area is 241 Å². The second-order valence-electron chi connectivity index (χ2n) is 9.87. The van der Waals surface area contributed by atoms with Crippen molar-refractivity contribution in [2.24, 2.45) is 0 Å². The molecule has 7 nitrogen and oxygen atoms in total. The van der Waals surface area contributed by atoms with E-state index in [-0.39, 0.29) is 24.9 Å². The minimum Gasteiger partial charge on any atom is -0.352 e. The minimum absolute atomic E-state index is 0.0261.